The van der Waals surface area contributed by atoms with Crippen molar-refractivity contribution in [2.75, 3.05) is 36.4 Å². The molecule has 40 heavy (non-hydrogen) atoms. The van der Waals surface area contributed by atoms with Crippen molar-refractivity contribution in [3.05, 3.63) is 46.0 Å². The number of nitrogens with zero attached hydrogens (tertiary/aromatic N) is 6. The zero-order chi connectivity index (χ0) is 28.0. The minimum Gasteiger partial charge on any atom is -0.481 e. The first-order valence-corrected chi connectivity index (χ1v) is 14.2. The Kier molecular flexibility index (Phi) is 6.99. The fourth-order valence-electron chi connectivity index (χ4n) is 6.50. The summed E-state index contributed by atoms with van der Waals surface area (Å²) < 4.78 is 1.71. The number of fused-ring (bicyclic) bond motifs is 1. The van der Waals surface area contributed by atoms with Crippen LogP contribution in [0.4, 0.5) is 17.5 Å². The number of carboxylic acids is 1. The Balaban J connectivity index is 1.17. The number of carbonyl (C=O) groups excluding carboxylic acids is 1. The van der Waals surface area contributed by atoms with E-state index in [1.54, 1.807) is 17.7 Å². The molecule has 2 N–H and O–H groups in total. The predicted octanol–water partition coefficient (Wildman–Crippen LogP) is 3.54. The quantitative estimate of drug-likeness (QED) is 0.425. The number of piperazine rings is 1. The number of pyridine rings is 2. The molecule has 1 saturated heterocycles. The largest absolute Gasteiger partial charge is 0.481 e. The summed E-state index contributed by atoms with van der Waals surface area (Å²) in [5, 5.41) is 13.0. The summed E-state index contributed by atoms with van der Waals surface area (Å²) in [5.74, 6) is -0.149. The van der Waals surface area contributed by atoms with E-state index in [1.165, 1.54) is 6.92 Å². The number of aromatic nitrogens is 4. The molecule has 11 heteroatoms. The van der Waals surface area contributed by atoms with Crippen LogP contribution in [0, 0.1) is 12.8 Å². The second kappa shape index (κ2) is 10.6. The Morgan fingerprint density at radius 2 is 1.73 bits per heavy atom. The highest BCUT2D eigenvalue weighted by atomic mass is 16.4. The van der Waals surface area contributed by atoms with Crippen molar-refractivity contribution in [3.8, 4) is 0 Å². The van der Waals surface area contributed by atoms with E-state index in [9.17, 15) is 14.4 Å². The van der Waals surface area contributed by atoms with Crippen molar-refractivity contribution in [1.29, 1.82) is 0 Å². The molecule has 0 spiro atoms. The van der Waals surface area contributed by atoms with Gasteiger partial charge in [-0.15, -0.1) is 0 Å². The maximum Gasteiger partial charge on any atom is 0.306 e. The van der Waals surface area contributed by atoms with Crippen LogP contribution in [-0.4, -0.2) is 73.5 Å². The number of hydrogen-bond acceptors (Lipinski definition) is 9. The fourth-order valence-corrected chi connectivity index (χ4v) is 6.50. The number of carboxylic acid groups (broad SMARTS) is 1. The molecule has 4 heterocycles. The summed E-state index contributed by atoms with van der Waals surface area (Å²) in [5.41, 5.74) is 2.15. The number of hydrogen-bond donors (Lipinski definition) is 2. The minimum absolute atomic E-state index is 0.0252. The molecule has 0 radical (unpaired) electrons. The molecule has 3 fully saturated rings. The second-order valence-corrected chi connectivity index (χ2v) is 11.3. The van der Waals surface area contributed by atoms with Crippen molar-refractivity contribution < 1.29 is 14.7 Å². The Hall–Kier alpha value is -3.86. The zero-order valence-electron chi connectivity index (χ0n) is 23.0. The van der Waals surface area contributed by atoms with Gasteiger partial charge in [-0.3, -0.25) is 23.9 Å². The summed E-state index contributed by atoms with van der Waals surface area (Å²) in [6, 6.07) is 4.33. The topological polar surface area (TPSA) is 134 Å². The van der Waals surface area contributed by atoms with E-state index in [-0.39, 0.29) is 28.9 Å². The predicted molar refractivity (Wildman–Crippen MR) is 151 cm³/mol. The van der Waals surface area contributed by atoms with Crippen LogP contribution in [0.2, 0.25) is 0 Å². The number of aliphatic carboxylic acids is 1. The summed E-state index contributed by atoms with van der Waals surface area (Å²) >= 11 is 0. The second-order valence-electron chi connectivity index (χ2n) is 11.3. The molecule has 11 nitrogen and oxygen atoms in total. The van der Waals surface area contributed by atoms with Gasteiger partial charge in [0.05, 0.1) is 23.4 Å². The Morgan fingerprint density at radius 3 is 2.35 bits per heavy atom. The summed E-state index contributed by atoms with van der Waals surface area (Å²) in [7, 11) is 0. The lowest BCUT2D eigenvalue weighted by atomic mass is 9.79. The van der Waals surface area contributed by atoms with Crippen LogP contribution in [0.15, 0.2) is 29.3 Å². The third-order valence-electron chi connectivity index (χ3n) is 8.90. The van der Waals surface area contributed by atoms with Crippen LogP contribution in [0.5, 0.6) is 0 Å². The average molecular weight is 546 g/mol. The van der Waals surface area contributed by atoms with Gasteiger partial charge in [-0.25, -0.2) is 9.97 Å². The van der Waals surface area contributed by atoms with Gasteiger partial charge < -0.3 is 15.3 Å². The molecule has 3 aromatic rings. The van der Waals surface area contributed by atoms with E-state index in [1.807, 2.05) is 18.3 Å². The molecule has 3 aliphatic rings. The molecular formula is C29H35N7O4. The molecule has 2 aliphatic carbocycles. The lowest BCUT2D eigenvalue weighted by Crippen LogP contribution is -2.55. The molecule has 0 amide bonds. The summed E-state index contributed by atoms with van der Waals surface area (Å²) in [4.78, 5) is 55.4. The number of nitrogens with one attached hydrogen (secondary N) is 1. The number of ketones is 1. The van der Waals surface area contributed by atoms with Crippen LogP contribution in [0.3, 0.4) is 0 Å². The number of anilines is 3. The maximum atomic E-state index is 13.4. The Labute approximate surface area is 232 Å². The average Bonchev–Trinajstić information content (AvgIpc) is 3.43. The van der Waals surface area contributed by atoms with Gasteiger partial charge >= 0.3 is 5.97 Å². The molecule has 0 unspecified atom stereocenters. The van der Waals surface area contributed by atoms with E-state index < -0.39 is 5.97 Å². The highest BCUT2D eigenvalue weighted by Gasteiger charge is 2.38. The van der Waals surface area contributed by atoms with Gasteiger partial charge in [-0.05, 0) is 57.2 Å². The van der Waals surface area contributed by atoms with E-state index in [4.69, 9.17) is 10.1 Å². The third-order valence-corrected chi connectivity index (χ3v) is 8.90. The van der Waals surface area contributed by atoms with E-state index in [0.29, 0.717) is 34.4 Å². The standard InChI is InChI=1S/C29H35N7O4/c1-17-23-16-31-29(33-26(23)36(20-5-3-4-6-20)27(38)25(17)18(2)37)32-24-8-7-21(15-30-24)34-9-11-35(12-10-34)22-13-19(14-22)28(39)40/h7-8,15-16,19-20,22H,3-6,9-14H2,1-2H3,(H,39,40)(H,30,31,32,33). The molecular weight excluding hydrogens is 510 g/mol. The monoisotopic (exact) mass is 545 g/mol. The van der Waals surface area contributed by atoms with Gasteiger partial charge in [-0.1, -0.05) is 12.8 Å². The fraction of sp³-hybridized carbons (Fsp3) is 0.517. The normalized spacial score (nSPS) is 21.9. The van der Waals surface area contributed by atoms with Gasteiger partial charge in [-0.2, -0.15) is 4.98 Å². The summed E-state index contributed by atoms with van der Waals surface area (Å²) in [6.45, 7) is 6.79. The van der Waals surface area contributed by atoms with E-state index >= 15 is 0 Å². The van der Waals surface area contributed by atoms with Crippen LogP contribution in [-0.2, 0) is 4.79 Å². The lowest BCUT2D eigenvalue weighted by molar-refractivity contribution is -0.147. The molecule has 2 saturated carbocycles. The summed E-state index contributed by atoms with van der Waals surface area (Å²) in [6.07, 6.45) is 8.91. The smallest absolute Gasteiger partial charge is 0.306 e. The third kappa shape index (κ3) is 4.83. The first-order valence-electron chi connectivity index (χ1n) is 14.2. The lowest BCUT2D eigenvalue weighted by Gasteiger charge is -2.45. The van der Waals surface area contributed by atoms with Gasteiger partial charge in [0.1, 0.15) is 11.5 Å². The number of rotatable bonds is 7. The molecule has 1 aliphatic heterocycles. The SMILES string of the molecule is CC(=O)c1c(C)c2cnc(Nc3ccc(N4CCN(C5CC(C(=O)O)C5)CC4)cn3)nc2n(C2CCCC2)c1=O. The Bertz CT molecular complexity index is 1500. The molecule has 3 aromatic heterocycles. The van der Waals surface area contributed by atoms with Gasteiger partial charge in [0.2, 0.25) is 5.95 Å². The zero-order valence-corrected chi connectivity index (χ0v) is 23.0. The van der Waals surface area contributed by atoms with Crippen molar-refractivity contribution >= 4 is 40.2 Å². The minimum atomic E-state index is -0.677. The molecule has 0 bridgehead atoms. The van der Waals surface area contributed by atoms with Crippen LogP contribution < -0.4 is 15.8 Å². The molecule has 0 aromatic carbocycles. The first-order chi connectivity index (χ1) is 19.3. The van der Waals surface area contributed by atoms with E-state index in [2.05, 4.69) is 25.1 Å². The van der Waals surface area contributed by atoms with Crippen LogP contribution in [0.1, 0.15) is 67.4 Å². The van der Waals surface area contributed by atoms with Gasteiger partial charge in [0.15, 0.2) is 5.78 Å². The highest BCUT2D eigenvalue weighted by molar-refractivity contribution is 5.99. The van der Waals surface area contributed by atoms with Gasteiger partial charge in [0.25, 0.3) is 5.56 Å². The van der Waals surface area contributed by atoms with Crippen LogP contribution >= 0.6 is 0 Å². The molecule has 6 rings (SSSR count). The number of carbonyl (C=O) groups is 2. The highest BCUT2D eigenvalue weighted by Crippen LogP contribution is 2.34. The first kappa shape index (κ1) is 26.4. The molecule has 210 valence electrons. The Morgan fingerprint density at radius 1 is 1.00 bits per heavy atom. The van der Waals surface area contributed by atoms with E-state index in [0.717, 1.165) is 70.4 Å². The van der Waals surface area contributed by atoms with Crippen LogP contribution in [0.25, 0.3) is 11.0 Å². The molecule has 0 atom stereocenters. The van der Waals surface area contributed by atoms with Gasteiger partial charge in [0, 0.05) is 49.8 Å². The number of Topliss-reactive ketones (excluding diaryl/α,β-unsaturated/α-hetero) is 1. The number of aryl methyl sites for hydroxylation is 1. The maximum absolute atomic E-state index is 13.4. The van der Waals surface area contributed by atoms with Crippen molar-refractivity contribution in [2.24, 2.45) is 5.92 Å². The van der Waals surface area contributed by atoms with Crippen molar-refractivity contribution in [2.45, 2.75) is 64.5 Å². The van der Waals surface area contributed by atoms with Crippen molar-refractivity contribution in [3.63, 3.8) is 0 Å². The van der Waals surface area contributed by atoms with Crippen molar-refractivity contribution in [1.82, 2.24) is 24.4 Å².